The Morgan fingerprint density at radius 3 is 2.32 bits per heavy atom. The molecule has 3 aromatic rings. The molecule has 0 unspecified atom stereocenters. The Balaban J connectivity index is 1.39. The highest BCUT2D eigenvalue weighted by atomic mass is 32.2. The van der Waals surface area contributed by atoms with Crippen molar-refractivity contribution in [1.29, 1.82) is 0 Å². The van der Waals surface area contributed by atoms with Gasteiger partial charge in [-0.25, -0.2) is 8.42 Å². The minimum atomic E-state index is -3.62. The summed E-state index contributed by atoms with van der Waals surface area (Å²) >= 11 is 0. The Kier molecular flexibility index (Phi) is 7.98. The first-order valence-corrected chi connectivity index (χ1v) is 11.8. The van der Waals surface area contributed by atoms with E-state index >= 15 is 0 Å². The largest absolute Gasteiger partial charge is 0.455 e. The summed E-state index contributed by atoms with van der Waals surface area (Å²) in [6, 6.07) is 16.5. The average Bonchev–Trinajstić information content (AvgIpc) is 3.29. The molecule has 178 valence electrons. The third-order valence-corrected chi connectivity index (χ3v) is 6.28. The first-order chi connectivity index (χ1) is 16.2. The van der Waals surface area contributed by atoms with Crippen LogP contribution in [-0.4, -0.2) is 31.7 Å². The summed E-state index contributed by atoms with van der Waals surface area (Å²) in [5, 5.41) is 13.7. The maximum Gasteiger partial charge on any atom is 0.305 e. The van der Waals surface area contributed by atoms with Gasteiger partial charge in [0.15, 0.2) is 15.6 Å². The zero-order valence-electron chi connectivity index (χ0n) is 17.9. The molecule has 0 bridgehead atoms. The molecule has 0 atom stereocenters. The lowest BCUT2D eigenvalue weighted by Gasteiger charge is -2.08. The number of non-ortho nitro benzene ring substituents is 1. The van der Waals surface area contributed by atoms with Gasteiger partial charge >= 0.3 is 5.91 Å². The van der Waals surface area contributed by atoms with Crippen molar-refractivity contribution < 1.29 is 27.3 Å². The zero-order chi connectivity index (χ0) is 24.6. The molecule has 3 rings (SSSR count). The number of carbonyl (C=O) groups is 2. The number of furan rings is 1. The highest BCUT2D eigenvalue weighted by Crippen LogP contribution is 2.18. The molecule has 1 heterocycles. The second-order valence-corrected chi connectivity index (χ2v) is 9.16. The molecule has 0 saturated heterocycles. The lowest BCUT2D eigenvalue weighted by Crippen LogP contribution is -2.41. The van der Waals surface area contributed by atoms with Gasteiger partial charge in [0.25, 0.3) is 5.69 Å². The monoisotopic (exact) mass is 486 g/mol. The summed E-state index contributed by atoms with van der Waals surface area (Å²) in [6.07, 6.45) is 0.555. The number of nitrogens with zero attached hydrogens (tertiary/aromatic N) is 1. The number of anilines is 1. The summed E-state index contributed by atoms with van der Waals surface area (Å²) in [7, 11) is -3.62. The summed E-state index contributed by atoms with van der Waals surface area (Å²) < 4.78 is 30.1. The molecule has 3 N–H and O–H groups in total. The Labute approximate surface area is 195 Å². The molecule has 0 aliphatic rings. The zero-order valence-corrected chi connectivity index (χ0v) is 18.7. The number of hydrazine groups is 1. The number of sulfone groups is 1. The van der Waals surface area contributed by atoms with Gasteiger partial charge in [-0.2, -0.15) is 0 Å². The number of carbonyl (C=O) groups excluding carboxylic acids is 2. The van der Waals surface area contributed by atoms with Crippen molar-refractivity contribution >= 4 is 33.0 Å². The molecule has 0 saturated carbocycles. The smallest absolute Gasteiger partial charge is 0.305 e. The normalized spacial score (nSPS) is 10.9. The van der Waals surface area contributed by atoms with Crippen LogP contribution in [-0.2, 0) is 20.4 Å². The van der Waals surface area contributed by atoms with Gasteiger partial charge in [-0.05, 0) is 42.8 Å². The van der Waals surface area contributed by atoms with Crippen LogP contribution in [0.25, 0.3) is 0 Å². The van der Waals surface area contributed by atoms with Crippen LogP contribution in [0, 0.1) is 10.1 Å². The third-order valence-electron chi connectivity index (χ3n) is 4.62. The SMILES string of the molecule is O=C(CCCNc1ccc([N+](=O)[O-])cc1)NNC(=O)c1ccc(CS(=O)(=O)c2ccccc2)o1. The van der Waals surface area contributed by atoms with Gasteiger partial charge in [0.05, 0.1) is 9.82 Å². The van der Waals surface area contributed by atoms with Crippen LogP contribution >= 0.6 is 0 Å². The van der Waals surface area contributed by atoms with Crippen molar-refractivity contribution in [3.8, 4) is 0 Å². The molecule has 0 aliphatic carbocycles. The van der Waals surface area contributed by atoms with Gasteiger partial charge in [-0.1, -0.05) is 18.2 Å². The van der Waals surface area contributed by atoms with E-state index in [0.29, 0.717) is 18.7 Å². The van der Waals surface area contributed by atoms with E-state index in [4.69, 9.17) is 4.42 Å². The van der Waals surface area contributed by atoms with E-state index in [1.165, 1.54) is 36.4 Å². The minimum absolute atomic E-state index is 0.0119. The maximum absolute atomic E-state index is 12.4. The van der Waals surface area contributed by atoms with E-state index in [9.17, 15) is 28.1 Å². The second kappa shape index (κ2) is 11.1. The topological polar surface area (TPSA) is 161 Å². The van der Waals surface area contributed by atoms with E-state index in [0.717, 1.165) is 0 Å². The van der Waals surface area contributed by atoms with Crippen LogP contribution in [0.1, 0.15) is 29.2 Å². The van der Waals surface area contributed by atoms with E-state index < -0.39 is 32.3 Å². The van der Waals surface area contributed by atoms with Crippen LogP contribution in [0.5, 0.6) is 0 Å². The number of hydrogen-bond donors (Lipinski definition) is 3. The Hall–Kier alpha value is -4.19. The molecular formula is C22H22N4O7S. The van der Waals surface area contributed by atoms with Gasteiger partial charge in [0.2, 0.25) is 5.91 Å². The molecule has 12 heteroatoms. The number of nitro benzene ring substituents is 1. The fraction of sp³-hybridized carbons (Fsp3) is 0.182. The summed E-state index contributed by atoms with van der Waals surface area (Å²) in [4.78, 5) is 34.4. The van der Waals surface area contributed by atoms with E-state index in [1.807, 2.05) is 0 Å². The van der Waals surface area contributed by atoms with Crippen molar-refractivity contribution in [2.45, 2.75) is 23.5 Å². The quantitative estimate of drug-likeness (QED) is 0.224. The third kappa shape index (κ3) is 6.90. The Bertz CT molecular complexity index is 1260. The van der Waals surface area contributed by atoms with Gasteiger partial charge in [-0.3, -0.25) is 30.6 Å². The number of rotatable bonds is 10. The van der Waals surface area contributed by atoms with Gasteiger partial charge in [0, 0.05) is 30.8 Å². The molecular weight excluding hydrogens is 464 g/mol. The van der Waals surface area contributed by atoms with Crippen LogP contribution in [0.2, 0.25) is 0 Å². The molecule has 2 aromatic carbocycles. The molecule has 0 spiro atoms. The van der Waals surface area contributed by atoms with Gasteiger partial charge < -0.3 is 9.73 Å². The molecule has 0 fully saturated rings. The first kappa shape index (κ1) is 24.5. The van der Waals surface area contributed by atoms with Crippen LogP contribution in [0.15, 0.2) is 76.0 Å². The molecule has 0 radical (unpaired) electrons. The fourth-order valence-electron chi connectivity index (χ4n) is 2.91. The van der Waals surface area contributed by atoms with Crippen LogP contribution in [0.4, 0.5) is 11.4 Å². The molecule has 11 nitrogen and oxygen atoms in total. The Morgan fingerprint density at radius 1 is 0.941 bits per heavy atom. The number of hydrogen-bond acceptors (Lipinski definition) is 8. The highest BCUT2D eigenvalue weighted by Gasteiger charge is 2.19. The second-order valence-electron chi connectivity index (χ2n) is 7.17. The van der Waals surface area contributed by atoms with Gasteiger partial charge in [0.1, 0.15) is 11.5 Å². The summed E-state index contributed by atoms with van der Waals surface area (Å²) in [5.41, 5.74) is 5.15. The summed E-state index contributed by atoms with van der Waals surface area (Å²) in [6.45, 7) is 0.441. The van der Waals surface area contributed by atoms with Crippen molar-refractivity contribution in [3.63, 3.8) is 0 Å². The minimum Gasteiger partial charge on any atom is -0.455 e. The molecule has 2 amide bonds. The molecule has 34 heavy (non-hydrogen) atoms. The lowest BCUT2D eigenvalue weighted by molar-refractivity contribution is -0.384. The predicted octanol–water partition coefficient (Wildman–Crippen LogP) is 2.82. The van der Waals surface area contributed by atoms with Crippen molar-refractivity contribution in [2.24, 2.45) is 0 Å². The van der Waals surface area contributed by atoms with Crippen LogP contribution in [0.3, 0.4) is 0 Å². The highest BCUT2D eigenvalue weighted by molar-refractivity contribution is 7.90. The van der Waals surface area contributed by atoms with E-state index in [2.05, 4.69) is 16.2 Å². The molecule has 0 aliphatic heterocycles. The van der Waals surface area contributed by atoms with Crippen LogP contribution < -0.4 is 16.2 Å². The maximum atomic E-state index is 12.4. The standard InChI is InChI=1S/C22H22N4O7S/c27-21(7-4-14-23-16-8-10-17(11-9-16)26(29)30)24-25-22(28)20-13-12-18(33-20)15-34(31,32)19-5-2-1-3-6-19/h1-3,5-6,8-13,23H,4,7,14-15H2,(H,24,27)(H,25,28). The fourth-order valence-corrected chi connectivity index (χ4v) is 4.18. The van der Waals surface area contributed by atoms with Crippen molar-refractivity contribution in [3.05, 3.63) is 88.4 Å². The van der Waals surface area contributed by atoms with Crippen molar-refractivity contribution in [1.82, 2.24) is 10.9 Å². The molecule has 1 aromatic heterocycles. The predicted molar refractivity (Wildman–Crippen MR) is 122 cm³/mol. The van der Waals surface area contributed by atoms with Crippen molar-refractivity contribution in [2.75, 3.05) is 11.9 Å². The summed E-state index contributed by atoms with van der Waals surface area (Å²) in [5.74, 6) is -1.60. The van der Waals surface area contributed by atoms with E-state index in [1.54, 1.807) is 30.3 Å². The average molecular weight is 487 g/mol. The number of amides is 2. The van der Waals surface area contributed by atoms with Gasteiger partial charge in [-0.15, -0.1) is 0 Å². The lowest BCUT2D eigenvalue weighted by atomic mass is 10.2. The Morgan fingerprint density at radius 2 is 1.65 bits per heavy atom. The first-order valence-electron chi connectivity index (χ1n) is 10.2. The number of nitrogens with one attached hydrogen (secondary N) is 3. The number of nitro groups is 1. The number of benzene rings is 2. The van der Waals surface area contributed by atoms with E-state index in [-0.39, 0.29) is 28.5 Å².